The SMILES string of the molecule is OC(CNC1CCCC1C1CCCCN1)C(F)(F)F. The van der Waals surface area contributed by atoms with Gasteiger partial charge >= 0.3 is 6.18 Å². The van der Waals surface area contributed by atoms with Crippen molar-refractivity contribution in [2.45, 2.75) is 62.9 Å². The first-order valence-corrected chi connectivity index (χ1v) is 7.20. The Bertz CT molecular complexity index is 280. The number of nitrogens with one attached hydrogen (secondary N) is 2. The standard InChI is InChI=1S/C13H23F3N2O/c14-13(15,16)12(19)8-18-11-6-3-4-9(11)10-5-1-2-7-17-10/h9-12,17-19H,1-8H2. The molecule has 1 saturated heterocycles. The number of hydrogen-bond donors (Lipinski definition) is 3. The van der Waals surface area contributed by atoms with Gasteiger partial charge in [-0.05, 0) is 38.1 Å². The normalized spacial score (nSPS) is 34.4. The van der Waals surface area contributed by atoms with E-state index in [9.17, 15) is 13.2 Å². The predicted octanol–water partition coefficient (Wildman–Crippen LogP) is 1.81. The Morgan fingerprint density at radius 1 is 1.16 bits per heavy atom. The highest BCUT2D eigenvalue weighted by atomic mass is 19.4. The second-order valence-corrected chi connectivity index (χ2v) is 5.72. The van der Waals surface area contributed by atoms with Crippen molar-refractivity contribution in [3.63, 3.8) is 0 Å². The van der Waals surface area contributed by atoms with E-state index in [-0.39, 0.29) is 6.04 Å². The van der Waals surface area contributed by atoms with Crippen molar-refractivity contribution in [3.05, 3.63) is 0 Å². The van der Waals surface area contributed by atoms with Gasteiger partial charge in [-0.2, -0.15) is 13.2 Å². The monoisotopic (exact) mass is 280 g/mol. The summed E-state index contributed by atoms with van der Waals surface area (Å²) in [4.78, 5) is 0. The third-order valence-electron chi connectivity index (χ3n) is 4.39. The minimum absolute atomic E-state index is 0.104. The van der Waals surface area contributed by atoms with Gasteiger partial charge in [-0.25, -0.2) is 0 Å². The first-order chi connectivity index (χ1) is 8.98. The molecule has 0 radical (unpaired) electrons. The van der Waals surface area contributed by atoms with Crippen LogP contribution in [0.2, 0.25) is 0 Å². The third kappa shape index (κ3) is 4.07. The van der Waals surface area contributed by atoms with Crippen LogP contribution in [0.1, 0.15) is 38.5 Å². The second-order valence-electron chi connectivity index (χ2n) is 5.72. The van der Waals surface area contributed by atoms with Gasteiger partial charge in [-0.1, -0.05) is 12.8 Å². The van der Waals surface area contributed by atoms with Gasteiger partial charge in [0.05, 0.1) is 0 Å². The molecule has 3 N–H and O–H groups in total. The van der Waals surface area contributed by atoms with Crippen LogP contribution in [0.4, 0.5) is 13.2 Å². The molecule has 19 heavy (non-hydrogen) atoms. The predicted molar refractivity (Wildman–Crippen MR) is 66.8 cm³/mol. The highest BCUT2D eigenvalue weighted by Gasteiger charge is 2.40. The maximum absolute atomic E-state index is 12.3. The molecule has 1 saturated carbocycles. The Hall–Kier alpha value is -0.330. The van der Waals surface area contributed by atoms with Crippen LogP contribution in [0.3, 0.4) is 0 Å². The Kier molecular flexibility index (Phi) is 5.09. The zero-order valence-corrected chi connectivity index (χ0v) is 11.0. The Morgan fingerprint density at radius 2 is 1.95 bits per heavy atom. The molecule has 4 atom stereocenters. The van der Waals surface area contributed by atoms with Crippen LogP contribution in [-0.4, -0.2) is 42.6 Å². The number of piperidine rings is 1. The van der Waals surface area contributed by atoms with Crippen molar-refractivity contribution in [1.29, 1.82) is 0 Å². The van der Waals surface area contributed by atoms with Crippen molar-refractivity contribution in [3.8, 4) is 0 Å². The van der Waals surface area contributed by atoms with Gasteiger partial charge in [-0.15, -0.1) is 0 Å². The maximum atomic E-state index is 12.3. The summed E-state index contributed by atoms with van der Waals surface area (Å²) in [6, 6.07) is 0.532. The molecule has 2 rings (SSSR count). The van der Waals surface area contributed by atoms with Crippen molar-refractivity contribution in [1.82, 2.24) is 10.6 Å². The molecule has 1 aliphatic carbocycles. The Morgan fingerprint density at radius 3 is 2.58 bits per heavy atom. The van der Waals surface area contributed by atoms with E-state index < -0.39 is 18.8 Å². The van der Waals surface area contributed by atoms with Crippen molar-refractivity contribution in [2.75, 3.05) is 13.1 Å². The quantitative estimate of drug-likeness (QED) is 0.736. The number of hydrogen-bond acceptors (Lipinski definition) is 3. The first-order valence-electron chi connectivity index (χ1n) is 7.20. The molecule has 0 bridgehead atoms. The van der Waals surface area contributed by atoms with Crippen LogP contribution >= 0.6 is 0 Å². The van der Waals surface area contributed by atoms with E-state index in [4.69, 9.17) is 5.11 Å². The molecule has 0 aromatic carbocycles. The van der Waals surface area contributed by atoms with Crippen molar-refractivity contribution >= 4 is 0 Å². The highest BCUT2D eigenvalue weighted by molar-refractivity contribution is 4.92. The smallest absolute Gasteiger partial charge is 0.382 e. The van der Waals surface area contributed by atoms with E-state index >= 15 is 0 Å². The summed E-state index contributed by atoms with van der Waals surface area (Å²) >= 11 is 0. The zero-order chi connectivity index (χ0) is 13.9. The van der Waals surface area contributed by atoms with Gasteiger partial charge in [0, 0.05) is 18.6 Å². The lowest BCUT2D eigenvalue weighted by atomic mass is 9.88. The fraction of sp³-hybridized carbons (Fsp3) is 1.00. The second kappa shape index (κ2) is 6.41. The number of halogens is 3. The Labute approximate surface area is 111 Å². The average molecular weight is 280 g/mol. The maximum Gasteiger partial charge on any atom is 0.415 e. The van der Waals surface area contributed by atoms with Crippen molar-refractivity contribution < 1.29 is 18.3 Å². The lowest BCUT2D eigenvalue weighted by Gasteiger charge is -2.33. The molecule has 2 fully saturated rings. The largest absolute Gasteiger partial charge is 0.415 e. The van der Waals surface area contributed by atoms with E-state index in [0.717, 1.165) is 32.2 Å². The number of alkyl halides is 3. The first kappa shape index (κ1) is 15.1. The van der Waals surface area contributed by atoms with Gasteiger partial charge < -0.3 is 15.7 Å². The molecule has 0 aromatic rings. The van der Waals surface area contributed by atoms with E-state index in [1.165, 1.54) is 12.8 Å². The molecule has 1 aliphatic heterocycles. The van der Waals surface area contributed by atoms with Crippen LogP contribution in [-0.2, 0) is 0 Å². The van der Waals surface area contributed by atoms with Gasteiger partial charge in [0.2, 0.25) is 0 Å². The van der Waals surface area contributed by atoms with Crippen LogP contribution in [0.5, 0.6) is 0 Å². The molecule has 0 aromatic heterocycles. The van der Waals surface area contributed by atoms with Gasteiger partial charge in [-0.3, -0.25) is 0 Å². The van der Waals surface area contributed by atoms with E-state index in [0.29, 0.717) is 12.0 Å². The third-order valence-corrected chi connectivity index (χ3v) is 4.39. The van der Waals surface area contributed by atoms with E-state index in [1.54, 1.807) is 0 Å². The number of aliphatic hydroxyl groups excluding tert-OH is 1. The summed E-state index contributed by atoms with van der Waals surface area (Å²) in [5.74, 6) is 0.403. The molecule has 1 heterocycles. The number of aliphatic hydroxyl groups is 1. The van der Waals surface area contributed by atoms with E-state index in [2.05, 4.69) is 10.6 Å². The van der Waals surface area contributed by atoms with Gasteiger partial charge in [0.1, 0.15) is 0 Å². The van der Waals surface area contributed by atoms with Crippen LogP contribution in [0.15, 0.2) is 0 Å². The highest BCUT2D eigenvalue weighted by Crippen LogP contribution is 2.32. The molecule has 2 aliphatic rings. The van der Waals surface area contributed by atoms with Gasteiger partial charge in [0.15, 0.2) is 6.10 Å². The summed E-state index contributed by atoms with van der Waals surface area (Å²) in [7, 11) is 0. The Balaban J connectivity index is 1.81. The molecular weight excluding hydrogens is 257 g/mol. The summed E-state index contributed by atoms with van der Waals surface area (Å²) < 4.78 is 36.8. The fourth-order valence-electron chi connectivity index (χ4n) is 3.35. The molecule has 3 nitrogen and oxygen atoms in total. The molecule has 0 amide bonds. The zero-order valence-electron chi connectivity index (χ0n) is 11.0. The van der Waals surface area contributed by atoms with Crippen LogP contribution < -0.4 is 10.6 Å². The number of rotatable bonds is 4. The molecule has 4 unspecified atom stereocenters. The van der Waals surface area contributed by atoms with Crippen LogP contribution in [0, 0.1) is 5.92 Å². The molecular formula is C13H23F3N2O. The average Bonchev–Trinajstić information content (AvgIpc) is 2.84. The summed E-state index contributed by atoms with van der Waals surface area (Å²) in [6.45, 7) is 0.621. The summed E-state index contributed by atoms with van der Waals surface area (Å²) in [6.07, 6.45) is -0.240. The molecule has 112 valence electrons. The topological polar surface area (TPSA) is 44.3 Å². The fourth-order valence-corrected chi connectivity index (χ4v) is 3.35. The summed E-state index contributed by atoms with van der Waals surface area (Å²) in [5.41, 5.74) is 0. The summed E-state index contributed by atoms with van der Waals surface area (Å²) in [5, 5.41) is 15.4. The minimum Gasteiger partial charge on any atom is -0.382 e. The molecule has 0 spiro atoms. The lowest BCUT2D eigenvalue weighted by molar-refractivity contribution is -0.202. The van der Waals surface area contributed by atoms with E-state index in [1.807, 2.05) is 0 Å². The minimum atomic E-state index is -4.52. The lowest BCUT2D eigenvalue weighted by Crippen LogP contribution is -2.49. The van der Waals surface area contributed by atoms with Gasteiger partial charge in [0.25, 0.3) is 0 Å². The van der Waals surface area contributed by atoms with Crippen LogP contribution in [0.25, 0.3) is 0 Å². The van der Waals surface area contributed by atoms with Crippen molar-refractivity contribution in [2.24, 2.45) is 5.92 Å². The molecule has 6 heteroatoms.